The Bertz CT molecular complexity index is 3350. The number of allylic oxidation sites excluding steroid dienone is 16. The number of aromatic nitrogens is 1. The average molecular weight is 956 g/mol. The van der Waals surface area contributed by atoms with Gasteiger partial charge in [0.25, 0.3) is 0 Å². The smallest absolute Gasteiger partial charge is 0.101 e. The average Bonchev–Trinajstić information content (AvgIpc) is 4.07. The van der Waals surface area contributed by atoms with Gasteiger partial charge in [-0.2, -0.15) is 5.26 Å². The van der Waals surface area contributed by atoms with E-state index < -0.39 is 0 Å². The summed E-state index contributed by atoms with van der Waals surface area (Å²) >= 11 is 0. The van der Waals surface area contributed by atoms with Gasteiger partial charge in [0.05, 0.1) is 36.2 Å². The Labute approximate surface area is 431 Å². The number of anilines is 1. The molecule has 4 aromatic rings. The van der Waals surface area contributed by atoms with Crippen LogP contribution in [0.15, 0.2) is 209 Å². The van der Waals surface area contributed by atoms with Gasteiger partial charge in [-0.1, -0.05) is 145 Å². The quantitative estimate of drug-likeness (QED) is 0.160. The molecule has 73 heavy (non-hydrogen) atoms. The molecule has 3 aliphatic heterocycles. The van der Waals surface area contributed by atoms with Crippen molar-refractivity contribution in [3.63, 3.8) is 0 Å². The molecule has 0 saturated carbocycles. The van der Waals surface area contributed by atoms with Gasteiger partial charge in [0.15, 0.2) is 0 Å². The second kappa shape index (κ2) is 18.2. The van der Waals surface area contributed by atoms with Crippen molar-refractivity contribution in [3.8, 4) is 6.07 Å². The molecule has 0 spiro atoms. The molecule has 10 aliphatic rings. The van der Waals surface area contributed by atoms with Crippen molar-refractivity contribution < 1.29 is 0 Å². The number of nitriles is 1. The summed E-state index contributed by atoms with van der Waals surface area (Å²) in [5.74, 6) is 1.52. The van der Waals surface area contributed by atoms with Crippen LogP contribution in [0.25, 0.3) is 17.0 Å². The van der Waals surface area contributed by atoms with Gasteiger partial charge in [-0.05, 0) is 129 Å². The van der Waals surface area contributed by atoms with E-state index in [2.05, 4.69) is 220 Å². The molecule has 2 fully saturated rings. The molecule has 10 unspecified atom stereocenters. The molecule has 3 aromatic carbocycles. The van der Waals surface area contributed by atoms with Crippen LogP contribution < -0.4 is 20.9 Å². The van der Waals surface area contributed by atoms with Crippen molar-refractivity contribution in [1.29, 1.82) is 5.26 Å². The Morgan fingerprint density at radius 1 is 0.699 bits per heavy atom. The molecular weight excluding hydrogens is 891 g/mol. The van der Waals surface area contributed by atoms with Gasteiger partial charge in [0.1, 0.15) is 6.07 Å². The first-order chi connectivity index (χ1) is 36.0. The molecule has 0 bridgehead atoms. The van der Waals surface area contributed by atoms with Gasteiger partial charge in [-0.25, -0.2) is 0 Å². The second-order valence-electron chi connectivity index (χ2n) is 22.2. The minimum atomic E-state index is -0.242. The van der Waals surface area contributed by atoms with E-state index in [0.29, 0.717) is 30.2 Å². The Balaban J connectivity index is 0.932. The molecular formula is C66H65N7. The summed E-state index contributed by atoms with van der Waals surface area (Å²) in [5, 5.41) is 25.4. The van der Waals surface area contributed by atoms with Gasteiger partial charge in [-0.15, -0.1) is 0 Å². The lowest BCUT2D eigenvalue weighted by Gasteiger charge is -2.45. The van der Waals surface area contributed by atoms with Crippen molar-refractivity contribution in [2.24, 2.45) is 17.8 Å². The molecule has 1 aromatic heterocycles. The van der Waals surface area contributed by atoms with Crippen LogP contribution in [-0.2, 0) is 6.42 Å². The first kappa shape index (κ1) is 44.7. The standard InChI is InChI=1S/C66H65N7/c1-41-26-32-58-51(34-41)52-35-42(2)27-33-59(52)72(58)63-38-60(73-57-25-15-13-23-50(57)54-37-53-49-22-12-14-24-56(49)71(61(53)39-62(54)73)48-20-10-5-11-21-48)47(40-67)36-55(63)66-69-64(45-18-8-4-9-19-45)68-65(70-66)46-30-28-44(29-31-46)43-16-6-3-7-17-43/h3-8,10-13,15-16,18,20-23,25-26,28-32,34-36,39,43,49-50,53,56-57,63-66,68-70H,9,14,17,19,24,27,33,37-38H2,1-2H3. The number of fused-ring (bicyclic) bond motifs is 8. The minimum Gasteiger partial charge on any atom is -0.341 e. The summed E-state index contributed by atoms with van der Waals surface area (Å²) in [7, 11) is 0. The lowest BCUT2D eigenvalue weighted by molar-refractivity contribution is 0.226. The topological polar surface area (TPSA) is 71.3 Å². The van der Waals surface area contributed by atoms with E-state index in [0.717, 1.165) is 62.6 Å². The van der Waals surface area contributed by atoms with E-state index in [4.69, 9.17) is 0 Å². The molecule has 14 rings (SSSR count). The Morgan fingerprint density at radius 3 is 2.37 bits per heavy atom. The molecule has 0 amide bonds. The van der Waals surface area contributed by atoms with E-state index in [9.17, 15) is 5.26 Å². The maximum absolute atomic E-state index is 11.7. The fraction of sp³-hybridized carbons (Fsp3) is 0.318. The number of aryl methyl sites for hydroxylation is 1. The third kappa shape index (κ3) is 7.55. The summed E-state index contributed by atoms with van der Waals surface area (Å²) in [6.45, 7) is 4.52. The highest BCUT2D eigenvalue weighted by atomic mass is 15.4. The Kier molecular flexibility index (Phi) is 11.2. The number of hydrogen-bond donors (Lipinski definition) is 3. The highest BCUT2D eigenvalue weighted by Gasteiger charge is 2.52. The van der Waals surface area contributed by atoms with E-state index in [-0.39, 0.29) is 36.5 Å². The maximum Gasteiger partial charge on any atom is 0.101 e. The summed E-state index contributed by atoms with van der Waals surface area (Å²) in [6, 6.07) is 30.8. The molecule has 0 radical (unpaired) electrons. The molecule has 7 aliphatic carbocycles. The van der Waals surface area contributed by atoms with E-state index in [1.807, 2.05) is 0 Å². The van der Waals surface area contributed by atoms with Crippen molar-refractivity contribution in [2.75, 3.05) is 4.90 Å². The molecule has 4 heterocycles. The van der Waals surface area contributed by atoms with Gasteiger partial charge in [-0.3, -0.25) is 16.0 Å². The van der Waals surface area contributed by atoms with Crippen molar-refractivity contribution >= 4 is 22.7 Å². The minimum absolute atomic E-state index is 0.0705. The fourth-order valence-electron chi connectivity index (χ4n) is 14.6. The van der Waals surface area contributed by atoms with Gasteiger partial charge < -0.3 is 14.4 Å². The summed E-state index contributed by atoms with van der Waals surface area (Å²) in [4.78, 5) is 5.34. The predicted molar refractivity (Wildman–Crippen MR) is 296 cm³/mol. The van der Waals surface area contributed by atoms with Gasteiger partial charge >= 0.3 is 0 Å². The summed E-state index contributed by atoms with van der Waals surface area (Å²) < 4.78 is 2.71. The zero-order chi connectivity index (χ0) is 48.7. The highest BCUT2D eigenvalue weighted by molar-refractivity contribution is 5.93. The van der Waals surface area contributed by atoms with E-state index in [1.165, 1.54) is 78.2 Å². The molecule has 364 valence electrons. The lowest BCUT2D eigenvalue weighted by atomic mass is 9.75. The number of para-hydroxylation sites is 1. The monoisotopic (exact) mass is 956 g/mol. The summed E-state index contributed by atoms with van der Waals surface area (Å²) in [6.07, 6.45) is 46.0. The zero-order valence-corrected chi connectivity index (χ0v) is 42.1. The lowest BCUT2D eigenvalue weighted by Crippen LogP contribution is -2.65. The maximum atomic E-state index is 11.7. The van der Waals surface area contributed by atoms with Crippen LogP contribution in [-0.4, -0.2) is 33.9 Å². The number of hydrogen-bond acceptors (Lipinski definition) is 6. The van der Waals surface area contributed by atoms with E-state index in [1.54, 1.807) is 0 Å². The zero-order valence-electron chi connectivity index (χ0n) is 42.1. The van der Waals surface area contributed by atoms with Gasteiger partial charge in [0.2, 0.25) is 0 Å². The van der Waals surface area contributed by atoms with Crippen LogP contribution in [0.4, 0.5) is 5.69 Å². The summed E-state index contributed by atoms with van der Waals surface area (Å²) in [5.41, 5.74) is 19.3. The Hall–Kier alpha value is -6.95. The molecule has 2 saturated heterocycles. The van der Waals surface area contributed by atoms with Crippen molar-refractivity contribution in [2.45, 2.75) is 114 Å². The van der Waals surface area contributed by atoms with Crippen LogP contribution in [0.3, 0.4) is 0 Å². The number of benzene rings is 3. The predicted octanol–water partition coefficient (Wildman–Crippen LogP) is 13.4. The van der Waals surface area contributed by atoms with Crippen LogP contribution in [0.1, 0.15) is 104 Å². The highest BCUT2D eigenvalue weighted by Crippen LogP contribution is 2.57. The third-order valence-electron chi connectivity index (χ3n) is 18.0. The fourth-order valence-corrected chi connectivity index (χ4v) is 14.6. The van der Waals surface area contributed by atoms with Crippen LogP contribution >= 0.6 is 0 Å². The first-order valence-corrected chi connectivity index (χ1v) is 27.3. The number of nitrogens with one attached hydrogen (secondary N) is 3. The van der Waals surface area contributed by atoms with Crippen molar-refractivity contribution in [3.05, 3.63) is 237 Å². The van der Waals surface area contributed by atoms with E-state index >= 15 is 0 Å². The molecule has 7 heteroatoms. The largest absolute Gasteiger partial charge is 0.341 e. The number of nitrogens with zero attached hydrogens (tertiary/aromatic N) is 4. The second-order valence-corrected chi connectivity index (χ2v) is 22.2. The molecule has 7 nitrogen and oxygen atoms in total. The first-order valence-electron chi connectivity index (χ1n) is 27.3. The van der Waals surface area contributed by atoms with Crippen LogP contribution in [0, 0.1) is 36.0 Å². The Morgan fingerprint density at radius 2 is 1.53 bits per heavy atom. The normalized spacial score (nSPS) is 30.9. The SMILES string of the molecule is CC1=Cc2c(n(C3CC(N4C5=C(CC6C(=C5)N(c5ccccc5)C5CCC=CC65)C5C=CC=CC54)=C(C#N)C=C3C3NC(C4=CC=CCC4)NC(c4ccc(C5C=CC=CC5)cc4)N3)c3ccc(C)cc23)CC1. The number of rotatable bonds is 7. The van der Waals surface area contributed by atoms with Crippen LogP contribution in [0.5, 0.6) is 0 Å². The van der Waals surface area contributed by atoms with Crippen molar-refractivity contribution in [1.82, 2.24) is 25.4 Å². The molecule has 10 atom stereocenters. The van der Waals surface area contributed by atoms with Crippen LogP contribution in [0.2, 0.25) is 0 Å². The van der Waals surface area contributed by atoms with Gasteiger partial charge in [0, 0.05) is 81.1 Å². The third-order valence-corrected chi connectivity index (χ3v) is 18.0. The molecule has 3 N–H and O–H groups in total.